The van der Waals surface area contributed by atoms with Gasteiger partial charge in [-0.3, -0.25) is 19.3 Å². The minimum absolute atomic E-state index is 0.00493. The number of piperazine rings is 1. The molecule has 29 heavy (non-hydrogen) atoms. The monoisotopic (exact) mass is 402 g/mol. The lowest BCUT2D eigenvalue weighted by Gasteiger charge is -2.37. The predicted molar refractivity (Wildman–Crippen MR) is 114 cm³/mol. The Balaban J connectivity index is 1.94. The lowest BCUT2D eigenvalue weighted by atomic mass is 10.0. The van der Waals surface area contributed by atoms with Crippen molar-refractivity contribution >= 4 is 17.7 Å². The molecule has 1 aromatic rings. The van der Waals surface area contributed by atoms with Crippen LogP contribution in [0.5, 0.6) is 0 Å². The van der Waals surface area contributed by atoms with Crippen molar-refractivity contribution in [3.8, 4) is 0 Å². The molecule has 1 atom stereocenters. The molecule has 0 saturated carbocycles. The summed E-state index contributed by atoms with van der Waals surface area (Å²) in [6.07, 6.45) is 0. The first-order chi connectivity index (χ1) is 13.7. The Hall–Kier alpha value is -2.41. The number of amides is 3. The van der Waals surface area contributed by atoms with Crippen LogP contribution >= 0.6 is 0 Å². The van der Waals surface area contributed by atoms with Crippen LogP contribution in [0, 0.1) is 12.8 Å². The molecule has 0 aromatic heterocycles. The Morgan fingerprint density at radius 2 is 1.59 bits per heavy atom. The molecular weight excluding hydrogens is 368 g/mol. The Morgan fingerprint density at radius 1 is 0.966 bits per heavy atom. The molecule has 0 aliphatic carbocycles. The maximum Gasteiger partial charge on any atom is 0.252 e. The first kappa shape index (κ1) is 22.9. The molecule has 1 aromatic carbocycles. The molecule has 160 valence electrons. The topological polar surface area (TPSA) is 81.8 Å². The molecule has 2 rings (SSSR count). The molecule has 1 unspecified atom stereocenters. The fourth-order valence-corrected chi connectivity index (χ4v) is 3.45. The van der Waals surface area contributed by atoms with Gasteiger partial charge in [0.2, 0.25) is 11.8 Å². The number of aryl methyl sites for hydroxylation is 1. The Labute approximate surface area is 173 Å². The minimum atomic E-state index is -0.571. The van der Waals surface area contributed by atoms with Gasteiger partial charge in [0.25, 0.3) is 5.91 Å². The van der Waals surface area contributed by atoms with Gasteiger partial charge in [0.15, 0.2) is 0 Å². The number of carbonyl (C=O) groups is 3. The summed E-state index contributed by atoms with van der Waals surface area (Å²) in [5.74, 6) is -0.303. The first-order valence-electron chi connectivity index (χ1n) is 10.4. The molecule has 7 heteroatoms. The number of nitrogens with one attached hydrogen (secondary N) is 2. The Bertz CT molecular complexity index is 725. The Morgan fingerprint density at radius 3 is 2.14 bits per heavy atom. The SMILES string of the molecule is Cc1ccccc1C(=O)NC(C(=O)N1CCN(CC(=O)NC(C)C)CC1)C(C)C. The standard InChI is InChI=1S/C22H34N4O3/c1-15(2)20(24-21(28)18-9-7-6-8-17(18)5)22(29)26-12-10-25(11-13-26)14-19(27)23-16(3)4/h6-9,15-16,20H,10-14H2,1-5H3,(H,23,27)(H,24,28). The fraction of sp³-hybridized carbons (Fsp3) is 0.591. The summed E-state index contributed by atoms with van der Waals surface area (Å²) < 4.78 is 0. The molecule has 1 saturated heterocycles. The van der Waals surface area contributed by atoms with E-state index in [0.29, 0.717) is 38.3 Å². The van der Waals surface area contributed by atoms with Crippen molar-refractivity contribution in [3.63, 3.8) is 0 Å². The highest BCUT2D eigenvalue weighted by Gasteiger charge is 2.31. The van der Waals surface area contributed by atoms with Crippen LogP contribution < -0.4 is 10.6 Å². The normalized spacial score (nSPS) is 16.0. The number of carbonyl (C=O) groups excluding carboxylic acids is 3. The van der Waals surface area contributed by atoms with Crippen molar-refractivity contribution in [2.75, 3.05) is 32.7 Å². The van der Waals surface area contributed by atoms with Crippen LogP contribution in [0.3, 0.4) is 0 Å². The van der Waals surface area contributed by atoms with E-state index in [1.54, 1.807) is 11.0 Å². The van der Waals surface area contributed by atoms with Crippen molar-refractivity contribution in [1.29, 1.82) is 0 Å². The van der Waals surface area contributed by atoms with Crippen LogP contribution in [0.15, 0.2) is 24.3 Å². The van der Waals surface area contributed by atoms with Gasteiger partial charge in [-0.05, 0) is 38.3 Å². The van der Waals surface area contributed by atoms with Gasteiger partial charge in [0.1, 0.15) is 6.04 Å². The summed E-state index contributed by atoms with van der Waals surface area (Å²) in [6.45, 7) is 12.4. The van der Waals surface area contributed by atoms with Crippen molar-refractivity contribution in [2.45, 2.75) is 46.7 Å². The highest BCUT2D eigenvalue weighted by atomic mass is 16.2. The van der Waals surface area contributed by atoms with E-state index in [-0.39, 0.29) is 29.7 Å². The van der Waals surface area contributed by atoms with Gasteiger partial charge in [-0.2, -0.15) is 0 Å². The number of rotatable bonds is 7. The molecule has 1 aliphatic rings. The average molecular weight is 403 g/mol. The summed E-state index contributed by atoms with van der Waals surface area (Å²) >= 11 is 0. The lowest BCUT2D eigenvalue weighted by Crippen LogP contribution is -2.57. The molecule has 0 radical (unpaired) electrons. The summed E-state index contributed by atoms with van der Waals surface area (Å²) in [6, 6.07) is 6.91. The van der Waals surface area contributed by atoms with E-state index >= 15 is 0 Å². The zero-order chi connectivity index (χ0) is 21.6. The maximum absolute atomic E-state index is 13.1. The molecule has 7 nitrogen and oxygen atoms in total. The van der Waals surface area contributed by atoms with Crippen LogP contribution in [0.4, 0.5) is 0 Å². The smallest absolute Gasteiger partial charge is 0.252 e. The van der Waals surface area contributed by atoms with Gasteiger partial charge in [-0.15, -0.1) is 0 Å². The van der Waals surface area contributed by atoms with Gasteiger partial charge in [0.05, 0.1) is 6.54 Å². The highest BCUT2D eigenvalue weighted by molar-refractivity contribution is 5.98. The third-order valence-electron chi connectivity index (χ3n) is 5.11. The van der Waals surface area contributed by atoms with E-state index in [1.807, 2.05) is 52.8 Å². The number of benzene rings is 1. The van der Waals surface area contributed by atoms with Gasteiger partial charge in [-0.25, -0.2) is 0 Å². The molecule has 0 spiro atoms. The van der Waals surface area contributed by atoms with Crippen LogP contribution in [0.25, 0.3) is 0 Å². The van der Waals surface area contributed by atoms with Crippen LogP contribution in [-0.4, -0.2) is 72.3 Å². The number of hydrogen-bond donors (Lipinski definition) is 2. The minimum Gasteiger partial charge on any atom is -0.353 e. The van der Waals surface area contributed by atoms with E-state index < -0.39 is 6.04 Å². The molecule has 1 fully saturated rings. The summed E-state index contributed by atoms with van der Waals surface area (Å²) in [7, 11) is 0. The van der Waals surface area contributed by atoms with Gasteiger partial charge < -0.3 is 15.5 Å². The van der Waals surface area contributed by atoms with Crippen LogP contribution in [-0.2, 0) is 9.59 Å². The van der Waals surface area contributed by atoms with Crippen molar-refractivity contribution in [2.24, 2.45) is 5.92 Å². The molecule has 1 aliphatic heterocycles. The zero-order valence-electron chi connectivity index (χ0n) is 18.2. The van der Waals surface area contributed by atoms with E-state index in [1.165, 1.54) is 0 Å². The van der Waals surface area contributed by atoms with Crippen molar-refractivity contribution < 1.29 is 14.4 Å². The molecule has 1 heterocycles. The third-order valence-corrected chi connectivity index (χ3v) is 5.11. The van der Waals surface area contributed by atoms with Crippen molar-refractivity contribution in [3.05, 3.63) is 35.4 Å². The summed E-state index contributed by atoms with van der Waals surface area (Å²) in [5, 5.41) is 5.82. The fourth-order valence-electron chi connectivity index (χ4n) is 3.45. The number of nitrogens with zero attached hydrogens (tertiary/aromatic N) is 2. The maximum atomic E-state index is 13.1. The largest absolute Gasteiger partial charge is 0.353 e. The highest BCUT2D eigenvalue weighted by Crippen LogP contribution is 2.12. The second kappa shape index (κ2) is 10.4. The molecule has 3 amide bonds. The van der Waals surface area contributed by atoms with Crippen LogP contribution in [0.2, 0.25) is 0 Å². The van der Waals surface area contributed by atoms with Gasteiger partial charge >= 0.3 is 0 Å². The first-order valence-corrected chi connectivity index (χ1v) is 10.4. The predicted octanol–water partition coefficient (Wildman–Crippen LogP) is 1.42. The average Bonchev–Trinajstić information content (AvgIpc) is 2.65. The van der Waals surface area contributed by atoms with Crippen molar-refractivity contribution in [1.82, 2.24) is 20.4 Å². The third kappa shape index (κ3) is 6.56. The van der Waals surface area contributed by atoms with E-state index in [9.17, 15) is 14.4 Å². The lowest BCUT2D eigenvalue weighted by molar-refractivity contribution is -0.136. The quantitative estimate of drug-likeness (QED) is 0.723. The van der Waals surface area contributed by atoms with E-state index in [2.05, 4.69) is 15.5 Å². The molecule has 2 N–H and O–H groups in total. The summed E-state index contributed by atoms with van der Waals surface area (Å²) in [4.78, 5) is 41.6. The molecule has 0 bridgehead atoms. The molecular formula is C22H34N4O3. The van der Waals surface area contributed by atoms with Gasteiger partial charge in [0, 0.05) is 37.8 Å². The zero-order valence-corrected chi connectivity index (χ0v) is 18.2. The number of hydrogen-bond acceptors (Lipinski definition) is 4. The van der Waals surface area contributed by atoms with E-state index in [0.717, 1.165) is 5.56 Å². The van der Waals surface area contributed by atoms with Crippen LogP contribution in [0.1, 0.15) is 43.6 Å². The second-order valence-electron chi connectivity index (χ2n) is 8.33. The van der Waals surface area contributed by atoms with E-state index in [4.69, 9.17) is 0 Å². The summed E-state index contributed by atoms with van der Waals surface area (Å²) in [5.41, 5.74) is 1.47. The van der Waals surface area contributed by atoms with Gasteiger partial charge in [-0.1, -0.05) is 32.0 Å². The Kier molecular flexibility index (Phi) is 8.20. The second-order valence-corrected chi connectivity index (χ2v) is 8.33.